The van der Waals surface area contributed by atoms with Crippen LogP contribution >= 0.6 is 0 Å². The van der Waals surface area contributed by atoms with Crippen molar-refractivity contribution in [3.05, 3.63) is 24.3 Å². The number of hydrogen-bond donors (Lipinski definition) is 0. The molecule has 0 spiro atoms. The lowest BCUT2D eigenvalue weighted by molar-refractivity contribution is 0.348. The smallest absolute Gasteiger partial charge is 0.0340 e. The summed E-state index contributed by atoms with van der Waals surface area (Å²) in [5.41, 5.74) is 2.58. The lowest BCUT2D eigenvalue weighted by Gasteiger charge is -2.18. The van der Waals surface area contributed by atoms with Crippen molar-refractivity contribution >= 4 is 0 Å². The minimum atomic E-state index is 0.549. The van der Waals surface area contributed by atoms with Crippen LogP contribution in [0.15, 0.2) is 24.3 Å². The molecule has 1 fully saturated rings. The standard InChI is InChI=1S/C9H15N/c1-7(2)9-5-8(3)6-10(9)4/h9H,1,3,5-6H2,2,4H3/t9-/m0/s1. The Labute approximate surface area is 63.0 Å². The van der Waals surface area contributed by atoms with Crippen molar-refractivity contribution in [3.8, 4) is 0 Å². The van der Waals surface area contributed by atoms with Gasteiger partial charge in [-0.15, -0.1) is 0 Å². The molecule has 0 N–H and O–H groups in total. The van der Waals surface area contributed by atoms with Gasteiger partial charge in [0.25, 0.3) is 0 Å². The molecule has 56 valence electrons. The van der Waals surface area contributed by atoms with Gasteiger partial charge in [0, 0.05) is 12.6 Å². The second-order valence-corrected chi connectivity index (χ2v) is 3.23. The number of hydrogen-bond acceptors (Lipinski definition) is 1. The topological polar surface area (TPSA) is 3.24 Å². The van der Waals surface area contributed by atoms with E-state index in [4.69, 9.17) is 0 Å². The quantitative estimate of drug-likeness (QED) is 0.498. The fourth-order valence-electron chi connectivity index (χ4n) is 1.51. The van der Waals surface area contributed by atoms with Gasteiger partial charge in [-0.3, -0.25) is 4.90 Å². The predicted molar refractivity (Wildman–Crippen MR) is 45.0 cm³/mol. The van der Waals surface area contributed by atoms with Crippen LogP contribution in [-0.4, -0.2) is 24.5 Å². The second-order valence-electron chi connectivity index (χ2n) is 3.23. The molecular formula is C9H15N. The highest BCUT2D eigenvalue weighted by Crippen LogP contribution is 2.23. The molecule has 0 amide bonds. The first-order valence-corrected chi connectivity index (χ1v) is 3.63. The first kappa shape index (κ1) is 7.55. The van der Waals surface area contributed by atoms with Crippen molar-refractivity contribution in [1.82, 2.24) is 4.90 Å². The summed E-state index contributed by atoms with van der Waals surface area (Å²) in [6, 6.07) is 0.549. The van der Waals surface area contributed by atoms with Crippen LogP contribution in [0.25, 0.3) is 0 Å². The van der Waals surface area contributed by atoms with Crippen molar-refractivity contribution in [1.29, 1.82) is 0 Å². The molecule has 10 heavy (non-hydrogen) atoms. The normalized spacial score (nSPS) is 27.4. The van der Waals surface area contributed by atoms with Crippen molar-refractivity contribution < 1.29 is 0 Å². The molecule has 1 aliphatic rings. The molecule has 0 unspecified atom stereocenters. The summed E-state index contributed by atoms with van der Waals surface area (Å²) in [5.74, 6) is 0. The average Bonchev–Trinajstić information content (AvgIpc) is 2.10. The lowest BCUT2D eigenvalue weighted by atomic mass is 10.1. The van der Waals surface area contributed by atoms with Gasteiger partial charge >= 0.3 is 0 Å². The number of rotatable bonds is 1. The van der Waals surface area contributed by atoms with E-state index >= 15 is 0 Å². The lowest BCUT2D eigenvalue weighted by Crippen LogP contribution is -2.25. The van der Waals surface area contributed by atoms with E-state index in [-0.39, 0.29) is 0 Å². The molecule has 1 heteroatoms. The first-order valence-electron chi connectivity index (χ1n) is 3.63. The summed E-state index contributed by atoms with van der Waals surface area (Å²) >= 11 is 0. The molecule has 1 aliphatic heterocycles. The molecule has 1 rings (SSSR count). The van der Waals surface area contributed by atoms with Gasteiger partial charge in [0.1, 0.15) is 0 Å². The van der Waals surface area contributed by atoms with Gasteiger partial charge in [0.05, 0.1) is 0 Å². The van der Waals surface area contributed by atoms with Crippen LogP contribution in [0, 0.1) is 0 Å². The zero-order valence-corrected chi connectivity index (χ0v) is 6.85. The van der Waals surface area contributed by atoms with Crippen molar-refractivity contribution in [2.24, 2.45) is 0 Å². The van der Waals surface area contributed by atoms with E-state index in [2.05, 4.69) is 32.0 Å². The van der Waals surface area contributed by atoms with E-state index in [1.807, 2.05) is 0 Å². The van der Waals surface area contributed by atoms with E-state index in [9.17, 15) is 0 Å². The number of likely N-dealkylation sites (N-methyl/N-ethyl adjacent to an activating group) is 1. The molecule has 1 heterocycles. The summed E-state index contributed by atoms with van der Waals surface area (Å²) in [4.78, 5) is 2.30. The van der Waals surface area contributed by atoms with Gasteiger partial charge < -0.3 is 0 Å². The Bertz CT molecular complexity index is 170. The van der Waals surface area contributed by atoms with Gasteiger partial charge in [-0.25, -0.2) is 0 Å². The zero-order chi connectivity index (χ0) is 7.72. The maximum Gasteiger partial charge on any atom is 0.0340 e. The highest BCUT2D eigenvalue weighted by molar-refractivity contribution is 5.16. The average molecular weight is 137 g/mol. The van der Waals surface area contributed by atoms with Crippen LogP contribution in [0.1, 0.15) is 13.3 Å². The number of nitrogens with zero attached hydrogens (tertiary/aromatic N) is 1. The highest BCUT2D eigenvalue weighted by atomic mass is 15.1. The molecule has 0 bridgehead atoms. The number of likely N-dealkylation sites (tertiary alicyclic amines) is 1. The van der Waals surface area contributed by atoms with Gasteiger partial charge in [0.2, 0.25) is 0 Å². The predicted octanol–water partition coefficient (Wildman–Crippen LogP) is 1.82. The minimum absolute atomic E-state index is 0.549. The molecule has 1 atom stereocenters. The third-order valence-corrected chi connectivity index (χ3v) is 2.06. The maximum atomic E-state index is 3.95. The monoisotopic (exact) mass is 137 g/mol. The molecule has 0 aromatic carbocycles. The van der Waals surface area contributed by atoms with Gasteiger partial charge in [-0.1, -0.05) is 24.3 Å². The maximum absolute atomic E-state index is 3.95. The fourth-order valence-corrected chi connectivity index (χ4v) is 1.51. The Hall–Kier alpha value is -0.560. The molecule has 0 aliphatic carbocycles. The summed E-state index contributed by atoms with van der Waals surface area (Å²) in [6.45, 7) is 11.0. The Morgan fingerprint density at radius 3 is 2.50 bits per heavy atom. The van der Waals surface area contributed by atoms with Crippen LogP contribution in [0.5, 0.6) is 0 Å². The molecule has 1 nitrogen and oxygen atoms in total. The molecule has 0 aromatic heterocycles. The van der Waals surface area contributed by atoms with Gasteiger partial charge in [-0.2, -0.15) is 0 Å². The van der Waals surface area contributed by atoms with E-state index in [0.717, 1.165) is 13.0 Å². The zero-order valence-electron chi connectivity index (χ0n) is 6.85. The summed E-state index contributed by atoms with van der Waals surface area (Å²) < 4.78 is 0. The molecule has 0 radical (unpaired) electrons. The molecule has 0 saturated carbocycles. The Morgan fingerprint density at radius 1 is 1.70 bits per heavy atom. The SMILES string of the molecule is C=C1C[C@@H](C(=C)C)N(C)C1. The van der Waals surface area contributed by atoms with Crippen molar-refractivity contribution in [2.75, 3.05) is 13.6 Å². The van der Waals surface area contributed by atoms with Crippen LogP contribution in [-0.2, 0) is 0 Å². The fraction of sp³-hybridized carbons (Fsp3) is 0.556. The van der Waals surface area contributed by atoms with Crippen molar-refractivity contribution in [2.45, 2.75) is 19.4 Å². The largest absolute Gasteiger partial charge is 0.295 e. The Kier molecular flexibility index (Phi) is 1.95. The van der Waals surface area contributed by atoms with Gasteiger partial charge in [0.15, 0.2) is 0 Å². The summed E-state index contributed by atoms with van der Waals surface area (Å²) in [5, 5.41) is 0. The summed E-state index contributed by atoms with van der Waals surface area (Å²) in [7, 11) is 2.12. The van der Waals surface area contributed by atoms with Crippen LogP contribution in [0.3, 0.4) is 0 Å². The van der Waals surface area contributed by atoms with Gasteiger partial charge in [-0.05, 0) is 20.4 Å². The van der Waals surface area contributed by atoms with Crippen LogP contribution in [0.4, 0.5) is 0 Å². The van der Waals surface area contributed by atoms with E-state index in [1.54, 1.807) is 0 Å². The van der Waals surface area contributed by atoms with Crippen LogP contribution in [0.2, 0.25) is 0 Å². The molecular weight excluding hydrogens is 122 g/mol. The van der Waals surface area contributed by atoms with E-state index < -0.39 is 0 Å². The molecule has 0 aromatic rings. The first-order chi connectivity index (χ1) is 4.61. The van der Waals surface area contributed by atoms with E-state index in [1.165, 1.54) is 11.1 Å². The highest BCUT2D eigenvalue weighted by Gasteiger charge is 2.23. The second kappa shape index (κ2) is 2.59. The van der Waals surface area contributed by atoms with Crippen molar-refractivity contribution in [3.63, 3.8) is 0 Å². The summed E-state index contributed by atoms with van der Waals surface area (Å²) in [6.07, 6.45) is 1.10. The minimum Gasteiger partial charge on any atom is -0.295 e. The van der Waals surface area contributed by atoms with E-state index in [0.29, 0.717) is 6.04 Å². The molecule has 1 saturated heterocycles. The third-order valence-electron chi connectivity index (χ3n) is 2.06. The Morgan fingerprint density at radius 2 is 2.30 bits per heavy atom. The van der Waals surface area contributed by atoms with Crippen LogP contribution < -0.4 is 0 Å². The third kappa shape index (κ3) is 1.29. The Balaban J connectivity index is 2.63.